The van der Waals surface area contributed by atoms with Gasteiger partial charge in [0, 0.05) is 25.8 Å². The molecule has 0 saturated carbocycles. The number of carbonyl (C=O) groups is 1. The Morgan fingerprint density at radius 2 is 1.69 bits per heavy atom. The normalized spacial score (nSPS) is 12.1. The van der Waals surface area contributed by atoms with E-state index in [1.807, 2.05) is 36.4 Å². The number of carbonyl (C=O) groups excluding carboxylic acids is 1. The molecule has 3 aromatic rings. The van der Waals surface area contributed by atoms with Crippen molar-refractivity contribution in [3.05, 3.63) is 71.4 Å². The van der Waals surface area contributed by atoms with Gasteiger partial charge in [-0.25, -0.2) is 0 Å². The molecule has 1 aliphatic rings. The minimum absolute atomic E-state index is 0.0634. The van der Waals surface area contributed by atoms with Crippen molar-refractivity contribution in [3.63, 3.8) is 0 Å². The predicted octanol–water partition coefficient (Wildman–Crippen LogP) is 3.22. The van der Waals surface area contributed by atoms with Crippen molar-refractivity contribution in [2.24, 2.45) is 0 Å². The number of aromatic nitrogens is 2. The first kappa shape index (κ1) is 19.0. The van der Waals surface area contributed by atoms with Crippen molar-refractivity contribution < 1.29 is 18.7 Å². The molecule has 7 heteroatoms. The van der Waals surface area contributed by atoms with Crippen LogP contribution in [0, 0.1) is 0 Å². The number of hydrogen-bond donors (Lipinski definition) is 1. The average Bonchev–Trinajstić information content (AvgIpc) is 3.40. The van der Waals surface area contributed by atoms with Crippen LogP contribution in [0.4, 0.5) is 0 Å². The van der Waals surface area contributed by atoms with Gasteiger partial charge in [-0.2, -0.15) is 0 Å². The van der Waals surface area contributed by atoms with Crippen molar-refractivity contribution in [1.82, 2.24) is 15.5 Å². The van der Waals surface area contributed by atoms with E-state index in [1.54, 1.807) is 0 Å². The van der Waals surface area contributed by atoms with Gasteiger partial charge in [0.1, 0.15) is 0 Å². The number of nitrogens with one attached hydrogen (secondary N) is 1. The van der Waals surface area contributed by atoms with Crippen LogP contribution in [-0.4, -0.2) is 22.9 Å². The van der Waals surface area contributed by atoms with E-state index in [1.165, 1.54) is 5.56 Å². The third-order valence-corrected chi connectivity index (χ3v) is 4.70. The lowest BCUT2D eigenvalue weighted by atomic mass is 10.1. The molecular weight excluding hydrogens is 370 g/mol. The van der Waals surface area contributed by atoms with Gasteiger partial charge in [-0.05, 0) is 36.1 Å². The van der Waals surface area contributed by atoms with E-state index in [2.05, 4.69) is 27.6 Å². The summed E-state index contributed by atoms with van der Waals surface area (Å²) in [6, 6.07) is 16.0. The molecule has 4 rings (SSSR count). The molecule has 0 radical (unpaired) electrons. The first-order chi connectivity index (χ1) is 14.3. The second-order valence-electron chi connectivity index (χ2n) is 6.89. The summed E-state index contributed by atoms with van der Waals surface area (Å²) in [5.74, 6) is 2.50. The Labute approximate surface area is 169 Å². The molecule has 1 aromatic heterocycles. The first-order valence-corrected chi connectivity index (χ1v) is 9.77. The number of hydrogen-bond acceptors (Lipinski definition) is 6. The van der Waals surface area contributed by atoms with Crippen LogP contribution in [0.2, 0.25) is 0 Å². The zero-order valence-corrected chi connectivity index (χ0v) is 16.1. The monoisotopic (exact) mass is 393 g/mol. The summed E-state index contributed by atoms with van der Waals surface area (Å²) in [4.78, 5) is 12.1. The van der Waals surface area contributed by atoms with E-state index in [9.17, 15) is 4.79 Å². The number of aryl methyl sites for hydroxylation is 3. The van der Waals surface area contributed by atoms with E-state index >= 15 is 0 Å². The number of rotatable bonds is 9. The Bertz CT molecular complexity index is 956. The Balaban J connectivity index is 1.17. The number of ether oxygens (including phenoxy) is 2. The third kappa shape index (κ3) is 5.34. The molecule has 1 amide bonds. The van der Waals surface area contributed by atoms with E-state index in [0.29, 0.717) is 36.9 Å². The second kappa shape index (κ2) is 9.23. The molecule has 2 aromatic carbocycles. The summed E-state index contributed by atoms with van der Waals surface area (Å²) >= 11 is 0. The van der Waals surface area contributed by atoms with Gasteiger partial charge in [0.15, 0.2) is 11.5 Å². The smallest absolute Gasteiger partial charge is 0.231 e. The molecule has 2 heterocycles. The summed E-state index contributed by atoms with van der Waals surface area (Å²) in [7, 11) is 0. The van der Waals surface area contributed by atoms with Crippen molar-refractivity contribution in [2.75, 3.05) is 6.79 Å². The molecule has 0 aliphatic carbocycles. The lowest BCUT2D eigenvalue weighted by molar-refractivity contribution is -0.121. The SMILES string of the molecule is O=C(CCc1nnc(CCCc2ccccc2)o1)NCc1ccc2c(c1)OCO2. The van der Waals surface area contributed by atoms with Crippen molar-refractivity contribution in [1.29, 1.82) is 0 Å². The maximum absolute atomic E-state index is 12.1. The summed E-state index contributed by atoms with van der Waals surface area (Å²) in [5, 5.41) is 11.0. The molecule has 0 atom stereocenters. The Hall–Kier alpha value is -3.35. The van der Waals surface area contributed by atoms with Crippen LogP contribution in [0.3, 0.4) is 0 Å². The molecule has 150 valence electrons. The van der Waals surface area contributed by atoms with E-state index < -0.39 is 0 Å². The van der Waals surface area contributed by atoms with Gasteiger partial charge < -0.3 is 19.2 Å². The predicted molar refractivity (Wildman–Crippen MR) is 105 cm³/mol. The molecule has 0 unspecified atom stereocenters. The van der Waals surface area contributed by atoms with Crippen LogP contribution in [-0.2, 0) is 30.6 Å². The van der Waals surface area contributed by atoms with Gasteiger partial charge >= 0.3 is 0 Å². The Morgan fingerprint density at radius 3 is 2.55 bits per heavy atom. The van der Waals surface area contributed by atoms with E-state index in [4.69, 9.17) is 13.9 Å². The van der Waals surface area contributed by atoms with Crippen LogP contribution in [0.25, 0.3) is 0 Å². The van der Waals surface area contributed by atoms with Gasteiger partial charge in [0.2, 0.25) is 24.5 Å². The third-order valence-electron chi connectivity index (χ3n) is 4.70. The molecule has 1 aliphatic heterocycles. The number of fused-ring (bicyclic) bond motifs is 1. The minimum Gasteiger partial charge on any atom is -0.454 e. The Morgan fingerprint density at radius 1 is 0.897 bits per heavy atom. The standard InChI is InChI=1S/C22H23N3O4/c26-20(23-14-17-9-10-18-19(13-17)28-15-27-18)11-12-22-25-24-21(29-22)8-4-7-16-5-2-1-3-6-16/h1-3,5-6,9-10,13H,4,7-8,11-12,14-15H2,(H,23,26). The van der Waals surface area contributed by atoms with Gasteiger partial charge in [-0.3, -0.25) is 4.79 Å². The van der Waals surface area contributed by atoms with Crippen molar-refractivity contribution >= 4 is 5.91 Å². The highest BCUT2D eigenvalue weighted by Crippen LogP contribution is 2.32. The number of nitrogens with zero attached hydrogens (tertiary/aromatic N) is 2. The maximum Gasteiger partial charge on any atom is 0.231 e. The molecule has 7 nitrogen and oxygen atoms in total. The zero-order valence-electron chi connectivity index (χ0n) is 16.1. The summed E-state index contributed by atoms with van der Waals surface area (Å²) in [6.45, 7) is 0.674. The fourth-order valence-corrected chi connectivity index (χ4v) is 3.14. The fourth-order valence-electron chi connectivity index (χ4n) is 3.14. The number of amides is 1. The summed E-state index contributed by atoms with van der Waals surface area (Å²) in [5.41, 5.74) is 2.26. The van der Waals surface area contributed by atoms with E-state index in [0.717, 1.165) is 30.6 Å². The van der Waals surface area contributed by atoms with Crippen LogP contribution in [0.5, 0.6) is 11.5 Å². The minimum atomic E-state index is -0.0634. The molecule has 0 bridgehead atoms. The Kier molecular flexibility index (Phi) is 6.04. The lowest BCUT2D eigenvalue weighted by Crippen LogP contribution is -2.23. The molecular formula is C22H23N3O4. The van der Waals surface area contributed by atoms with Crippen LogP contribution in [0.1, 0.15) is 35.7 Å². The largest absolute Gasteiger partial charge is 0.454 e. The number of benzene rings is 2. The summed E-state index contributed by atoms with van der Waals surface area (Å²) < 4.78 is 16.3. The molecule has 0 saturated heterocycles. The summed E-state index contributed by atoms with van der Waals surface area (Å²) in [6.07, 6.45) is 3.38. The van der Waals surface area contributed by atoms with Gasteiger partial charge in [0.25, 0.3) is 0 Å². The highest BCUT2D eigenvalue weighted by atomic mass is 16.7. The van der Waals surface area contributed by atoms with Gasteiger partial charge in [-0.1, -0.05) is 36.4 Å². The van der Waals surface area contributed by atoms with Crippen molar-refractivity contribution in [2.45, 2.75) is 38.6 Å². The van der Waals surface area contributed by atoms with Crippen LogP contribution >= 0.6 is 0 Å². The molecule has 0 fully saturated rings. The molecule has 0 spiro atoms. The zero-order chi connectivity index (χ0) is 19.9. The lowest BCUT2D eigenvalue weighted by Gasteiger charge is -2.05. The molecule has 29 heavy (non-hydrogen) atoms. The maximum atomic E-state index is 12.1. The van der Waals surface area contributed by atoms with Crippen molar-refractivity contribution in [3.8, 4) is 11.5 Å². The molecule has 1 N–H and O–H groups in total. The van der Waals surface area contributed by atoms with E-state index in [-0.39, 0.29) is 12.7 Å². The quantitative estimate of drug-likeness (QED) is 0.601. The topological polar surface area (TPSA) is 86.5 Å². The van der Waals surface area contributed by atoms with Crippen LogP contribution in [0.15, 0.2) is 52.9 Å². The highest BCUT2D eigenvalue weighted by molar-refractivity contribution is 5.76. The second-order valence-corrected chi connectivity index (χ2v) is 6.89. The first-order valence-electron chi connectivity index (χ1n) is 9.77. The van der Waals surface area contributed by atoms with Gasteiger partial charge in [-0.15, -0.1) is 10.2 Å². The highest BCUT2D eigenvalue weighted by Gasteiger charge is 2.14. The fraction of sp³-hybridized carbons (Fsp3) is 0.318. The van der Waals surface area contributed by atoms with Crippen LogP contribution < -0.4 is 14.8 Å². The van der Waals surface area contributed by atoms with Gasteiger partial charge in [0.05, 0.1) is 0 Å². The average molecular weight is 393 g/mol.